The highest BCUT2D eigenvalue weighted by Crippen LogP contribution is 2.12. The zero-order valence-corrected chi connectivity index (χ0v) is 12.9. The van der Waals surface area contributed by atoms with E-state index in [-0.39, 0.29) is 5.91 Å². The fraction of sp³-hybridized carbons (Fsp3) is 0.412. The van der Waals surface area contributed by atoms with Crippen molar-refractivity contribution >= 4 is 5.91 Å². The van der Waals surface area contributed by atoms with Crippen LogP contribution >= 0.6 is 0 Å². The predicted octanol–water partition coefficient (Wildman–Crippen LogP) is 1.93. The maximum absolute atomic E-state index is 11.3. The Bertz CT molecular complexity index is 616. The van der Waals surface area contributed by atoms with Gasteiger partial charge in [-0.1, -0.05) is 30.3 Å². The molecule has 1 fully saturated rings. The van der Waals surface area contributed by atoms with Crippen molar-refractivity contribution < 1.29 is 9.21 Å². The summed E-state index contributed by atoms with van der Waals surface area (Å²) in [6.07, 6.45) is 2.47. The number of piperazine rings is 1. The van der Waals surface area contributed by atoms with Crippen LogP contribution in [0.5, 0.6) is 0 Å². The number of oxazole rings is 1. The predicted molar refractivity (Wildman–Crippen MR) is 83.3 cm³/mol. The summed E-state index contributed by atoms with van der Waals surface area (Å²) in [5.41, 5.74) is 2.16. The first kappa shape index (κ1) is 14.8. The molecule has 2 heterocycles. The molecule has 0 saturated carbocycles. The van der Waals surface area contributed by atoms with E-state index in [1.54, 1.807) is 13.2 Å². The summed E-state index contributed by atoms with van der Waals surface area (Å²) in [5, 5.41) is 0. The molecule has 0 unspecified atom stereocenters. The molecule has 0 atom stereocenters. The standard InChI is InChI=1S/C17H21N3O2/c1-14(21)20-9-7-19(8-10-20)12-16-13-22-17(18-16)11-15-5-3-2-4-6-15/h2-6,13H,7-12H2,1H3. The normalized spacial score (nSPS) is 16.0. The van der Waals surface area contributed by atoms with Crippen LogP contribution in [0.25, 0.3) is 0 Å². The van der Waals surface area contributed by atoms with E-state index in [2.05, 4.69) is 22.0 Å². The maximum atomic E-state index is 11.3. The Labute approximate surface area is 130 Å². The second kappa shape index (κ2) is 6.75. The number of benzene rings is 1. The van der Waals surface area contributed by atoms with Crippen molar-refractivity contribution in [3.05, 3.63) is 53.7 Å². The van der Waals surface area contributed by atoms with Gasteiger partial charge in [0, 0.05) is 46.1 Å². The number of carbonyl (C=O) groups excluding carboxylic acids is 1. The molecule has 116 valence electrons. The smallest absolute Gasteiger partial charge is 0.219 e. The number of hydrogen-bond donors (Lipinski definition) is 0. The third kappa shape index (κ3) is 3.74. The number of nitrogens with zero attached hydrogens (tertiary/aromatic N) is 3. The fourth-order valence-corrected chi connectivity index (χ4v) is 2.72. The molecule has 22 heavy (non-hydrogen) atoms. The lowest BCUT2D eigenvalue weighted by Crippen LogP contribution is -2.47. The van der Waals surface area contributed by atoms with Crippen molar-refractivity contribution in [2.45, 2.75) is 19.9 Å². The molecule has 1 aliphatic heterocycles. The molecule has 1 amide bonds. The fourth-order valence-electron chi connectivity index (χ4n) is 2.72. The van der Waals surface area contributed by atoms with Gasteiger partial charge in [-0.15, -0.1) is 0 Å². The van der Waals surface area contributed by atoms with Gasteiger partial charge in [0.25, 0.3) is 0 Å². The molecule has 1 saturated heterocycles. The number of rotatable bonds is 4. The lowest BCUT2D eigenvalue weighted by atomic mass is 10.1. The Morgan fingerprint density at radius 3 is 2.59 bits per heavy atom. The van der Waals surface area contributed by atoms with Gasteiger partial charge in [0.1, 0.15) is 6.26 Å². The van der Waals surface area contributed by atoms with E-state index in [0.717, 1.165) is 50.7 Å². The van der Waals surface area contributed by atoms with Gasteiger partial charge < -0.3 is 9.32 Å². The Balaban J connectivity index is 1.53. The van der Waals surface area contributed by atoms with Gasteiger partial charge in [-0.2, -0.15) is 0 Å². The summed E-state index contributed by atoms with van der Waals surface area (Å²) in [7, 11) is 0. The van der Waals surface area contributed by atoms with Crippen LogP contribution in [-0.4, -0.2) is 46.9 Å². The van der Waals surface area contributed by atoms with Crippen molar-refractivity contribution in [1.29, 1.82) is 0 Å². The Morgan fingerprint density at radius 2 is 1.91 bits per heavy atom. The molecule has 2 aromatic rings. The summed E-state index contributed by atoms with van der Waals surface area (Å²) in [5.74, 6) is 0.912. The van der Waals surface area contributed by atoms with Crippen LogP contribution in [0.3, 0.4) is 0 Å². The third-order valence-electron chi connectivity index (χ3n) is 4.00. The van der Waals surface area contributed by atoms with Crippen molar-refractivity contribution in [2.75, 3.05) is 26.2 Å². The van der Waals surface area contributed by atoms with Crippen LogP contribution in [0.1, 0.15) is 24.1 Å². The van der Waals surface area contributed by atoms with Crippen LogP contribution in [0.4, 0.5) is 0 Å². The van der Waals surface area contributed by atoms with Crippen molar-refractivity contribution in [1.82, 2.24) is 14.8 Å². The second-order valence-corrected chi connectivity index (χ2v) is 5.68. The first-order chi connectivity index (χ1) is 10.7. The second-order valence-electron chi connectivity index (χ2n) is 5.68. The number of amides is 1. The van der Waals surface area contributed by atoms with Gasteiger partial charge in [-0.3, -0.25) is 9.69 Å². The summed E-state index contributed by atoms with van der Waals surface area (Å²) < 4.78 is 5.57. The van der Waals surface area contributed by atoms with Crippen LogP contribution < -0.4 is 0 Å². The van der Waals surface area contributed by atoms with Gasteiger partial charge in [-0.25, -0.2) is 4.98 Å². The average Bonchev–Trinajstić information content (AvgIpc) is 2.96. The molecule has 0 radical (unpaired) electrons. The molecule has 1 aliphatic rings. The quantitative estimate of drug-likeness (QED) is 0.865. The highest BCUT2D eigenvalue weighted by molar-refractivity contribution is 5.73. The first-order valence-electron chi connectivity index (χ1n) is 7.66. The molecule has 3 rings (SSSR count). The zero-order chi connectivity index (χ0) is 15.4. The molecule has 1 aromatic heterocycles. The van der Waals surface area contributed by atoms with E-state index in [1.165, 1.54) is 5.56 Å². The van der Waals surface area contributed by atoms with Crippen LogP contribution in [0.2, 0.25) is 0 Å². The van der Waals surface area contributed by atoms with E-state index in [1.807, 2.05) is 23.1 Å². The largest absolute Gasteiger partial charge is 0.448 e. The molecule has 0 bridgehead atoms. The van der Waals surface area contributed by atoms with Gasteiger partial charge in [0.2, 0.25) is 5.91 Å². The minimum Gasteiger partial charge on any atom is -0.448 e. The highest BCUT2D eigenvalue weighted by atomic mass is 16.3. The highest BCUT2D eigenvalue weighted by Gasteiger charge is 2.19. The van der Waals surface area contributed by atoms with E-state index < -0.39 is 0 Å². The molecular weight excluding hydrogens is 278 g/mol. The monoisotopic (exact) mass is 299 g/mol. The van der Waals surface area contributed by atoms with Gasteiger partial charge in [-0.05, 0) is 5.56 Å². The number of aromatic nitrogens is 1. The molecule has 0 spiro atoms. The molecule has 5 heteroatoms. The third-order valence-corrected chi connectivity index (χ3v) is 4.00. The number of carbonyl (C=O) groups is 1. The van der Waals surface area contributed by atoms with Crippen molar-refractivity contribution in [3.8, 4) is 0 Å². The van der Waals surface area contributed by atoms with Crippen LogP contribution in [0, 0.1) is 0 Å². The van der Waals surface area contributed by atoms with Crippen LogP contribution in [-0.2, 0) is 17.8 Å². The van der Waals surface area contributed by atoms with E-state index in [9.17, 15) is 4.79 Å². The minimum absolute atomic E-state index is 0.159. The van der Waals surface area contributed by atoms with Crippen molar-refractivity contribution in [2.24, 2.45) is 0 Å². The van der Waals surface area contributed by atoms with E-state index in [4.69, 9.17) is 4.42 Å². The van der Waals surface area contributed by atoms with E-state index >= 15 is 0 Å². The Hall–Kier alpha value is -2.14. The van der Waals surface area contributed by atoms with Gasteiger partial charge in [0.05, 0.1) is 5.69 Å². The summed E-state index contributed by atoms with van der Waals surface area (Å²) in [4.78, 5) is 20.1. The summed E-state index contributed by atoms with van der Waals surface area (Å²) in [6.45, 7) is 5.78. The van der Waals surface area contributed by atoms with Crippen LogP contribution in [0.15, 0.2) is 41.0 Å². The maximum Gasteiger partial charge on any atom is 0.219 e. The molecule has 0 N–H and O–H groups in total. The van der Waals surface area contributed by atoms with Gasteiger partial charge in [0.15, 0.2) is 5.89 Å². The van der Waals surface area contributed by atoms with Gasteiger partial charge >= 0.3 is 0 Å². The molecular formula is C17H21N3O2. The van der Waals surface area contributed by atoms with E-state index in [0.29, 0.717) is 0 Å². The topological polar surface area (TPSA) is 49.6 Å². The van der Waals surface area contributed by atoms with Crippen molar-refractivity contribution in [3.63, 3.8) is 0 Å². The Morgan fingerprint density at radius 1 is 1.18 bits per heavy atom. The average molecular weight is 299 g/mol. The summed E-state index contributed by atoms with van der Waals surface area (Å²) in [6, 6.07) is 10.2. The zero-order valence-electron chi connectivity index (χ0n) is 12.9. The number of hydrogen-bond acceptors (Lipinski definition) is 4. The molecule has 5 nitrogen and oxygen atoms in total. The Kier molecular flexibility index (Phi) is 4.53. The first-order valence-corrected chi connectivity index (χ1v) is 7.66. The lowest BCUT2D eigenvalue weighted by molar-refractivity contribution is -0.130. The minimum atomic E-state index is 0.159. The molecule has 1 aromatic carbocycles. The SMILES string of the molecule is CC(=O)N1CCN(Cc2coc(Cc3ccccc3)n2)CC1. The lowest BCUT2D eigenvalue weighted by Gasteiger charge is -2.33. The summed E-state index contributed by atoms with van der Waals surface area (Å²) >= 11 is 0. The molecule has 0 aliphatic carbocycles.